The van der Waals surface area contributed by atoms with E-state index in [1.54, 1.807) is 24.3 Å². The number of aryl methyl sites for hydroxylation is 2. The first kappa shape index (κ1) is 15.1. The Kier molecular flexibility index (Phi) is 4.99. The van der Waals surface area contributed by atoms with E-state index in [1.807, 2.05) is 39.0 Å². The Hall–Kier alpha value is -2.29. The molecule has 0 amide bonds. The lowest BCUT2D eigenvalue weighted by Gasteiger charge is -2.11. The highest BCUT2D eigenvalue weighted by Crippen LogP contribution is 2.22. The number of esters is 1. The molecule has 21 heavy (non-hydrogen) atoms. The maximum absolute atomic E-state index is 12.3. The summed E-state index contributed by atoms with van der Waals surface area (Å²) in [6.07, 6.45) is 0.889. The topological polar surface area (TPSA) is 35.5 Å². The normalized spacial score (nSPS) is 10.2. The maximum Gasteiger partial charge on any atom is 0.347 e. The van der Waals surface area contributed by atoms with Crippen LogP contribution in [0.15, 0.2) is 42.5 Å². The van der Waals surface area contributed by atoms with E-state index >= 15 is 0 Å². The Morgan fingerprint density at radius 1 is 1.05 bits per heavy atom. The van der Waals surface area contributed by atoms with Gasteiger partial charge in [-0.1, -0.05) is 25.1 Å². The Bertz CT molecular complexity index is 632. The number of benzene rings is 2. The molecule has 2 rings (SSSR count). The average molecular weight is 284 g/mol. The van der Waals surface area contributed by atoms with E-state index in [4.69, 9.17) is 9.47 Å². The van der Waals surface area contributed by atoms with Crippen LogP contribution in [0.2, 0.25) is 0 Å². The Balaban J connectivity index is 2.18. The van der Waals surface area contributed by atoms with Crippen molar-refractivity contribution in [3.63, 3.8) is 0 Å². The van der Waals surface area contributed by atoms with Crippen molar-refractivity contribution in [2.75, 3.05) is 6.61 Å². The van der Waals surface area contributed by atoms with Crippen molar-refractivity contribution >= 4 is 5.97 Å². The van der Waals surface area contributed by atoms with Gasteiger partial charge in [0.2, 0.25) is 0 Å². The summed E-state index contributed by atoms with van der Waals surface area (Å²) in [6, 6.07) is 12.8. The first-order valence-corrected chi connectivity index (χ1v) is 7.13. The van der Waals surface area contributed by atoms with Crippen molar-refractivity contribution in [3.8, 4) is 11.5 Å². The number of para-hydroxylation sites is 1. The second-order valence-electron chi connectivity index (χ2n) is 4.98. The summed E-state index contributed by atoms with van der Waals surface area (Å²) in [6.45, 7) is 6.61. The largest absolute Gasteiger partial charge is 0.493 e. The van der Waals surface area contributed by atoms with Gasteiger partial charge in [0.05, 0.1) is 6.61 Å². The average Bonchev–Trinajstić information content (AvgIpc) is 2.49. The first-order valence-electron chi connectivity index (χ1n) is 7.13. The van der Waals surface area contributed by atoms with Crippen LogP contribution in [0.5, 0.6) is 11.5 Å². The van der Waals surface area contributed by atoms with Crippen molar-refractivity contribution in [1.82, 2.24) is 0 Å². The molecule has 0 saturated heterocycles. The fourth-order valence-corrected chi connectivity index (χ4v) is 1.91. The molecule has 0 N–H and O–H groups in total. The fraction of sp³-hybridized carbons (Fsp3) is 0.278. The van der Waals surface area contributed by atoms with Crippen LogP contribution in [0, 0.1) is 13.8 Å². The molecule has 0 fully saturated rings. The lowest BCUT2D eigenvalue weighted by Crippen LogP contribution is -2.11. The summed E-state index contributed by atoms with van der Waals surface area (Å²) < 4.78 is 11.0. The second kappa shape index (κ2) is 6.93. The minimum atomic E-state index is -0.398. The van der Waals surface area contributed by atoms with Gasteiger partial charge in [0.1, 0.15) is 17.1 Å². The molecule has 0 radical (unpaired) electrons. The SMILES string of the molecule is CCCOc1ccccc1C(=O)Oc1ccc(C)c(C)c1. The molecule has 0 heterocycles. The monoisotopic (exact) mass is 284 g/mol. The van der Waals surface area contributed by atoms with Gasteiger partial charge in [0, 0.05) is 0 Å². The highest BCUT2D eigenvalue weighted by molar-refractivity contribution is 5.94. The number of carbonyl (C=O) groups is 1. The molecule has 3 nitrogen and oxygen atoms in total. The third-order valence-electron chi connectivity index (χ3n) is 3.26. The lowest BCUT2D eigenvalue weighted by atomic mass is 10.1. The van der Waals surface area contributed by atoms with Gasteiger partial charge in [-0.05, 0) is 55.7 Å². The van der Waals surface area contributed by atoms with E-state index in [0.717, 1.165) is 12.0 Å². The van der Waals surface area contributed by atoms with Crippen LogP contribution in [0.3, 0.4) is 0 Å². The number of hydrogen-bond donors (Lipinski definition) is 0. The molecule has 0 unspecified atom stereocenters. The summed E-state index contributed by atoms with van der Waals surface area (Å²) in [5.74, 6) is 0.714. The van der Waals surface area contributed by atoms with E-state index in [-0.39, 0.29) is 0 Å². The lowest BCUT2D eigenvalue weighted by molar-refractivity contribution is 0.0730. The zero-order valence-electron chi connectivity index (χ0n) is 12.7. The summed E-state index contributed by atoms with van der Waals surface area (Å²) in [5.41, 5.74) is 2.71. The highest BCUT2D eigenvalue weighted by Gasteiger charge is 2.14. The molecular weight excluding hydrogens is 264 g/mol. The second-order valence-corrected chi connectivity index (χ2v) is 4.98. The van der Waals surface area contributed by atoms with Crippen molar-refractivity contribution < 1.29 is 14.3 Å². The quantitative estimate of drug-likeness (QED) is 0.606. The van der Waals surface area contributed by atoms with Crippen LogP contribution in [-0.2, 0) is 0 Å². The van der Waals surface area contributed by atoms with Crippen molar-refractivity contribution in [2.45, 2.75) is 27.2 Å². The van der Waals surface area contributed by atoms with Gasteiger partial charge < -0.3 is 9.47 Å². The minimum Gasteiger partial charge on any atom is -0.493 e. The van der Waals surface area contributed by atoms with Crippen LogP contribution in [0.4, 0.5) is 0 Å². The molecule has 0 spiro atoms. The van der Waals surface area contributed by atoms with E-state index in [0.29, 0.717) is 23.7 Å². The van der Waals surface area contributed by atoms with Gasteiger partial charge in [-0.3, -0.25) is 0 Å². The molecule has 0 aromatic heterocycles. The molecule has 0 aliphatic heterocycles. The fourth-order valence-electron chi connectivity index (χ4n) is 1.91. The molecule has 0 aliphatic rings. The van der Waals surface area contributed by atoms with Crippen LogP contribution in [0.1, 0.15) is 34.8 Å². The summed E-state index contributed by atoms with van der Waals surface area (Å²) >= 11 is 0. The van der Waals surface area contributed by atoms with Crippen LogP contribution in [-0.4, -0.2) is 12.6 Å². The van der Waals surface area contributed by atoms with E-state index in [2.05, 4.69) is 0 Å². The highest BCUT2D eigenvalue weighted by atomic mass is 16.5. The maximum atomic E-state index is 12.3. The number of hydrogen-bond acceptors (Lipinski definition) is 3. The number of carbonyl (C=O) groups excluding carboxylic acids is 1. The molecule has 2 aromatic rings. The van der Waals surface area contributed by atoms with Gasteiger partial charge in [-0.15, -0.1) is 0 Å². The summed E-state index contributed by atoms with van der Waals surface area (Å²) in [4.78, 5) is 12.3. The summed E-state index contributed by atoms with van der Waals surface area (Å²) in [5, 5.41) is 0. The standard InChI is InChI=1S/C18H20O3/c1-4-11-20-17-8-6-5-7-16(17)18(19)21-15-10-9-13(2)14(3)12-15/h5-10,12H,4,11H2,1-3H3. The summed E-state index contributed by atoms with van der Waals surface area (Å²) in [7, 11) is 0. The Morgan fingerprint density at radius 3 is 2.52 bits per heavy atom. The van der Waals surface area contributed by atoms with Crippen LogP contribution >= 0.6 is 0 Å². The number of rotatable bonds is 5. The van der Waals surface area contributed by atoms with Crippen molar-refractivity contribution in [1.29, 1.82) is 0 Å². The van der Waals surface area contributed by atoms with Gasteiger partial charge in [-0.2, -0.15) is 0 Å². The molecule has 0 atom stereocenters. The predicted octanol–water partition coefficient (Wildman–Crippen LogP) is 4.31. The molecule has 3 heteroatoms. The van der Waals surface area contributed by atoms with E-state index < -0.39 is 5.97 Å². The molecule has 0 saturated carbocycles. The van der Waals surface area contributed by atoms with Crippen molar-refractivity contribution in [2.24, 2.45) is 0 Å². The van der Waals surface area contributed by atoms with Gasteiger partial charge in [-0.25, -0.2) is 4.79 Å². The third-order valence-corrected chi connectivity index (χ3v) is 3.26. The minimum absolute atomic E-state index is 0.398. The Labute approximate surface area is 125 Å². The predicted molar refractivity (Wildman–Crippen MR) is 83.1 cm³/mol. The molecule has 0 bridgehead atoms. The van der Waals surface area contributed by atoms with Crippen LogP contribution in [0.25, 0.3) is 0 Å². The number of ether oxygens (including phenoxy) is 2. The first-order chi connectivity index (χ1) is 10.1. The molecule has 2 aromatic carbocycles. The molecular formula is C18H20O3. The van der Waals surface area contributed by atoms with E-state index in [9.17, 15) is 4.79 Å². The van der Waals surface area contributed by atoms with Gasteiger partial charge in [0.25, 0.3) is 0 Å². The van der Waals surface area contributed by atoms with Crippen LogP contribution < -0.4 is 9.47 Å². The third kappa shape index (κ3) is 3.85. The molecule has 0 aliphatic carbocycles. The van der Waals surface area contributed by atoms with Gasteiger partial charge >= 0.3 is 5.97 Å². The smallest absolute Gasteiger partial charge is 0.347 e. The van der Waals surface area contributed by atoms with Gasteiger partial charge in [0.15, 0.2) is 0 Å². The zero-order chi connectivity index (χ0) is 15.2. The van der Waals surface area contributed by atoms with Crippen molar-refractivity contribution in [3.05, 3.63) is 59.2 Å². The molecule has 110 valence electrons. The Morgan fingerprint density at radius 2 is 1.81 bits per heavy atom. The van der Waals surface area contributed by atoms with E-state index in [1.165, 1.54) is 5.56 Å². The zero-order valence-corrected chi connectivity index (χ0v) is 12.7.